The Morgan fingerprint density at radius 1 is 1.17 bits per heavy atom. The Bertz CT molecular complexity index is 714. The molecule has 3 nitrogen and oxygen atoms in total. The van der Waals surface area contributed by atoms with Crippen LogP contribution in [-0.4, -0.2) is 5.91 Å². The minimum absolute atomic E-state index is 0.410. The second-order valence-electron chi connectivity index (χ2n) is 3.96. The van der Waals surface area contributed by atoms with Crippen LogP contribution in [0.3, 0.4) is 0 Å². The van der Waals surface area contributed by atoms with E-state index >= 15 is 0 Å². The molecule has 0 fully saturated rings. The highest BCUT2D eigenvalue weighted by Gasteiger charge is 2.19. The van der Waals surface area contributed by atoms with Gasteiger partial charge in [-0.15, -0.1) is 0 Å². The van der Waals surface area contributed by atoms with Crippen LogP contribution in [0, 0.1) is 6.07 Å². The lowest BCUT2D eigenvalue weighted by molar-refractivity contribution is 0.100. The first-order chi connectivity index (χ1) is 8.77. The number of furan rings is 1. The van der Waals surface area contributed by atoms with E-state index < -0.39 is 5.91 Å². The Morgan fingerprint density at radius 3 is 2.67 bits per heavy atom. The summed E-state index contributed by atoms with van der Waals surface area (Å²) >= 11 is 0. The molecule has 0 unspecified atom stereocenters. The van der Waals surface area contributed by atoms with Crippen molar-refractivity contribution in [3.63, 3.8) is 0 Å². The van der Waals surface area contributed by atoms with E-state index in [0.29, 0.717) is 22.3 Å². The minimum Gasteiger partial charge on any atom is -0.455 e. The van der Waals surface area contributed by atoms with Crippen LogP contribution in [-0.2, 0) is 0 Å². The first kappa shape index (κ1) is 10.6. The molecule has 0 aliphatic carbocycles. The molecule has 0 saturated carbocycles. The van der Waals surface area contributed by atoms with Crippen LogP contribution in [0.2, 0.25) is 0 Å². The molecule has 2 aromatic carbocycles. The maximum Gasteiger partial charge on any atom is 0.253 e. The Kier molecular flexibility index (Phi) is 2.38. The second kappa shape index (κ2) is 4.04. The van der Waals surface area contributed by atoms with Gasteiger partial charge in [0.2, 0.25) is 0 Å². The van der Waals surface area contributed by atoms with Gasteiger partial charge in [0.05, 0.1) is 5.56 Å². The van der Waals surface area contributed by atoms with Crippen molar-refractivity contribution in [2.75, 3.05) is 0 Å². The van der Waals surface area contributed by atoms with E-state index in [1.165, 1.54) is 0 Å². The summed E-state index contributed by atoms with van der Waals surface area (Å²) in [5, 5.41) is 0.698. The molecule has 0 bridgehead atoms. The van der Waals surface area contributed by atoms with E-state index in [4.69, 9.17) is 10.2 Å². The molecule has 1 aromatic heterocycles. The predicted molar refractivity (Wildman–Crippen MR) is 69.0 cm³/mol. The SMILES string of the molecule is NC(=O)c1c(-c2ccccc2)oc2cc[c]cc12. The van der Waals surface area contributed by atoms with Crippen LogP contribution in [0.1, 0.15) is 10.4 Å². The van der Waals surface area contributed by atoms with Gasteiger partial charge in [0, 0.05) is 10.9 Å². The molecule has 0 aliphatic heterocycles. The summed E-state index contributed by atoms with van der Waals surface area (Å²) in [5.41, 5.74) is 7.34. The standard InChI is InChI=1S/C15H10NO2/c16-15(17)13-11-8-4-5-9-12(11)18-14(13)10-6-2-1-3-7-10/h1-3,5-9H,(H2,16,17). The first-order valence-corrected chi connectivity index (χ1v) is 5.55. The summed E-state index contributed by atoms with van der Waals surface area (Å²) in [7, 11) is 0. The average Bonchev–Trinajstić information content (AvgIpc) is 2.79. The second-order valence-corrected chi connectivity index (χ2v) is 3.96. The third-order valence-electron chi connectivity index (χ3n) is 2.81. The van der Waals surface area contributed by atoms with Gasteiger partial charge in [-0.25, -0.2) is 0 Å². The molecule has 1 radical (unpaired) electrons. The summed E-state index contributed by atoms with van der Waals surface area (Å²) in [4.78, 5) is 11.6. The fourth-order valence-electron chi connectivity index (χ4n) is 2.02. The summed E-state index contributed by atoms with van der Waals surface area (Å²) in [6.07, 6.45) is 0. The predicted octanol–water partition coefficient (Wildman–Crippen LogP) is 3.00. The lowest BCUT2D eigenvalue weighted by Gasteiger charge is -1.98. The lowest BCUT2D eigenvalue weighted by Crippen LogP contribution is -2.11. The summed E-state index contributed by atoms with van der Waals surface area (Å²) in [5.74, 6) is 0.0184. The maximum absolute atomic E-state index is 11.6. The van der Waals surface area contributed by atoms with E-state index in [9.17, 15) is 4.79 Å². The van der Waals surface area contributed by atoms with Crippen LogP contribution >= 0.6 is 0 Å². The number of hydrogen-bond acceptors (Lipinski definition) is 2. The Morgan fingerprint density at radius 2 is 1.94 bits per heavy atom. The zero-order valence-corrected chi connectivity index (χ0v) is 9.51. The lowest BCUT2D eigenvalue weighted by atomic mass is 10.1. The molecular formula is C15H10NO2. The van der Waals surface area contributed by atoms with Crippen molar-refractivity contribution < 1.29 is 9.21 Å². The molecule has 2 N–H and O–H groups in total. The quantitative estimate of drug-likeness (QED) is 0.743. The van der Waals surface area contributed by atoms with Gasteiger partial charge in [-0.05, 0) is 18.2 Å². The fourth-order valence-corrected chi connectivity index (χ4v) is 2.02. The number of fused-ring (bicyclic) bond motifs is 1. The minimum atomic E-state index is -0.493. The highest BCUT2D eigenvalue weighted by Crippen LogP contribution is 2.32. The van der Waals surface area contributed by atoms with Gasteiger partial charge in [0.15, 0.2) is 0 Å². The van der Waals surface area contributed by atoms with Gasteiger partial charge in [-0.2, -0.15) is 0 Å². The molecular weight excluding hydrogens is 226 g/mol. The van der Waals surface area contributed by atoms with Gasteiger partial charge in [0.1, 0.15) is 11.3 Å². The van der Waals surface area contributed by atoms with Crippen LogP contribution in [0.5, 0.6) is 0 Å². The first-order valence-electron chi connectivity index (χ1n) is 5.55. The number of nitrogens with two attached hydrogens (primary N) is 1. The Labute approximate surface area is 104 Å². The van der Waals surface area contributed by atoms with Crippen molar-refractivity contribution in [2.45, 2.75) is 0 Å². The van der Waals surface area contributed by atoms with E-state index in [1.807, 2.05) is 30.3 Å². The highest BCUT2D eigenvalue weighted by atomic mass is 16.3. The zero-order valence-electron chi connectivity index (χ0n) is 9.51. The molecule has 3 heteroatoms. The molecule has 1 amide bonds. The molecule has 18 heavy (non-hydrogen) atoms. The molecule has 0 spiro atoms. The Hall–Kier alpha value is -2.55. The zero-order chi connectivity index (χ0) is 12.5. The molecule has 0 atom stereocenters. The third kappa shape index (κ3) is 1.57. The Balaban J connectivity index is 2.36. The van der Waals surface area contributed by atoms with Crippen molar-refractivity contribution in [2.24, 2.45) is 5.73 Å². The van der Waals surface area contributed by atoms with Gasteiger partial charge >= 0.3 is 0 Å². The van der Waals surface area contributed by atoms with Crippen LogP contribution < -0.4 is 5.73 Å². The molecule has 0 aliphatic rings. The number of benzene rings is 2. The summed E-state index contributed by atoms with van der Waals surface area (Å²) < 4.78 is 5.73. The van der Waals surface area contributed by atoms with Crippen LogP contribution in [0.4, 0.5) is 0 Å². The van der Waals surface area contributed by atoms with Crippen molar-refractivity contribution in [3.8, 4) is 11.3 Å². The summed E-state index contributed by atoms with van der Waals surface area (Å²) in [6, 6.07) is 17.6. The molecule has 3 aromatic rings. The number of amides is 1. The maximum atomic E-state index is 11.6. The summed E-state index contributed by atoms with van der Waals surface area (Å²) in [6.45, 7) is 0. The van der Waals surface area contributed by atoms with Crippen molar-refractivity contribution in [3.05, 3.63) is 60.2 Å². The number of carbonyl (C=O) groups is 1. The smallest absolute Gasteiger partial charge is 0.253 e. The average molecular weight is 236 g/mol. The van der Waals surface area contributed by atoms with Crippen molar-refractivity contribution >= 4 is 16.9 Å². The molecule has 0 saturated heterocycles. The third-order valence-corrected chi connectivity index (χ3v) is 2.81. The largest absolute Gasteiger partial charge is 0.455 e. The van der Waals surface area contributed by atoms with Gasteiger partial charge < -0.3 is 10.2 Å². The fraction of sp³-hybridized carbons (Fsp3) is 0. The number of primary amides is 1. The topological polar surface area (TPSA) is 56.2 Å². The highest BCUT2D eigenvalue weighted by molar-refractivity contribution is 6.10. The number of hydrogen-bond donors (Lipinski definition) is 1. The molecule has 87 valence electrons. The van der Waals surface area contributed by atoms with Crippen molar-refractivity contribution in [1.82, 2.24) is 0 Å². The van der Waals surface area contributed by atoms with Crippen molar-refractivity contribution in [1.29, 1.82) is 0 Å². The molecule has 1 heterocycles. The van der Waals surface area contributed by atoms with E-state index in [-0.39, 0.29) is 0 Å². The van der Waals surface area contributed by atoms with E-state index in [0.717, 1.165) is 5.56 Å². The van der Waals surface area contributed by atoms with Gasteiger partial charge in [0.25, 0.3) is 5.91 Å². The van der Waals surface area contributed by atoms with Crippen LogP contribution in [0.25, 0.3) is 22.3 Å². The number of carbonyl (C=O) groups excluding carboxylic acids is 1. The monoisotopic (exact) mass is 236 g/mol. The number of rotatable bonds is 2. The van der Waals surface area contributed by atoms with Gasteiger partial charge in [-0.1, -0.05) is 36.4 Å². The molecule has 3 rings (SSSR count). The normalized spacial score (nSPS) is 10.7. The van der Waals surface area contributed by atoms with Crippen LogP contribution in [0.15, 0.2) is 52.9 Å². The van der Waals surface area contributed by atoms with E-state index in [1.54, 1.807) is 18.2 Å². The van der Waals surface area contributed by atoms with E-state index in [2.05, 4.69) is 6.07 Å². The van der Waals surface area contributed by atoms with Gasteiger partial charge in [-0.3, -0.25) is 4.79 Å².